The van der Waals surface area contributed by atoms with Crippen LogP contribution in [0, 0.1) is 0 Å². The molecule has 0 unspecified atom stereocenters. The SMILES string of the molecule is [K+].[K+].[O-2].[O-2].[O-2].[O-2].[O-2].[O-2].[O-2].[O-2].[O-2].[O-2].[O-2].[O-2].[O-2].[Ti+4].[Ti+4].[Ti+4].[Ti+4].[Ti+4].[Ti+4]. The minimum absolute atomic E-state index is 0. The smallest absolute Gasteiger partial charge is 2.00 e. The van der Waals surface area contributed by atoms with Crippen molar-refractivity contribution in [1.29, 1.82) is 0 Å². The van der Waals surface area contributed by atoms with E-state index in [9.17, 15) is 0 Å². The van der Waals surface area contributed by atoms with Crippen LogP contribution in [0.5, 0.6) is 0 Å². The second-order valence-corrected chi connectivity index (χ2v) is 0. The van der Waals surface area contributed by atoms with Crippen molar-refractivity contribution in [1.82, 2.24) is 0 Å². The number of rotatable bonds is 0. The number of hydrogen-bond donors (Lipinski definition) is 0. The summed E-state index contributed by atoms with van der Waals surface area (Å²) < 4.78 is 0. The van der Waals surface area contributed by atoms with Crippen LogP contribution in [-0.4, -0.2) is 0 Å². The van der Waals surface area contributed by atoms with Gasteiger partial charge in [-0.25, -0.2) is 0 Å². The molecule has 0 atom stereocenters. The first-order valence-electron chi connectivity index (χ1n) is 0. The predicted molar refractivity (Wildman–Crippen MR) is 8.92 cm³/mol. The Labute approximate surface area is 297 Å². The predicted octanol–water partition coefficient (Wildman–Crippen LogP) is -7.55. The van der Waals surface area contributed by atoms with Gasteiger partial charge in [-0.05, 0) is 0 Å². The van der Waals surface area contributed by atoms with Gasteiger partial charge in [-0.15, -0.1) is 0 Å². The van der Waals surface area contributed by atoms with E-state index in [2.05, 4.69) is 0 Å². The molecule has 0 aromatic carbocycles. The molecule has 104 valence electrons. The topological polar surface area (TPSA) is 370 Å². The standard InChI is InChI=1S/2K.13O.6Ti/q2*+1;13*-2;6*+4. The maximum absolute atomic E-state index is 0. The van der Waals surface area contributed by atoms with Gasteiger partial charge in [-0.1, -0.05) is 0 Å². The van der Waals surface area contributed by atoms with Crippen molar-refractivity contribution in [3.63, 3.8) is 0 Å². The van der Waals surface area contributed by atoms with E-state index < -0.39 is 0 Å². The van der Waals surface area contributed by atoms with Crippen LogP contribution in [0.25, 0.3) is 0 Å². The third kappa shape index (κ3) is 342. The Hall–Kier alpha value is 7.04. The molecule has 0 heterocycles. The normalized spacial score (nSPS) is 0. The Morgan fingerprint density at radius 1 is 0.143 bits per heavy atom. The minimum atomic E-state index is 0. The van der Waals surface area contributed by atoms with E-state index in [1.807, 2.05) is 0 Å². The Bertz CT molecular complexity index is 26.6. The van der Waals surface area contributed by atoms with Gasteiger partial charge in [-0.3, -0.25) is 0 Å². The van der Waals surface area contributed by atoms with Gasteiger partial charge in [0.25, 0.3) is 0 Å². The molecule has 0 saturated carbocycles. The van der Waals surface area contributed by atoms with E-state index in [1.54, 1.807) is 0 Å². The van der Waals surface area contributed by atoms with Gasteiger partial charge in [-0.2, -0.15) is 0 Å². The zero-order chi connectivity index (χ0) is 0. The summed E-state index contributed by atoms with van der Waals surface area (Å²) in [5, 5.41) is 0. The molecule has 0 spiro atoms. The third-order valence-electron chi connectivity index (χ3n) is 0. The molecule has 21 heteroatoms. The Balaban J connectivity index is 0. The first kappa shape index (κ1) is 414. The molecule has 0 radical (unpaired) electrons. The molecule has 0 saturated heterocycles. The molecular formula is K2O13Ti6. The monoisotopic (exact) mass is 574 g/mol. The number of hydrogen-bond acceptors (Lipinski definition) is 0. The van der Waals surface area contributed by atoms with E-state index in [-0.39, 0.29) is 304 Å². The van der Waals surface area contributed by atoms with Crippen molar-refractivity contribution in [3.05, 3.63) is 0 Å². The quantitative estimate of drug-likeness (QED) is 0.244. The third-order valence-corrected chi connectivity index (χ3v) is 0. The molecule has 0 aromatic rings. The van der Waals surface area contributed by atoms with E-state index in [0.717, 1.165) is 0 Å². The second kappa shape index (κ2) is 370. The van der Waals surface area contributed by atoms with Crippen LogP contribution in [0.3, 0.4) is 0 Å². The summed E-state index contributed by atoms with van der Waals surface area (Å²) in [7, 11) is 0. The van der Waals surface area contributed by atoms with Crippen LogP contribution in [0.2, 0.25) is 0 Å². The maximum atomic E-state index is 0. The van der Waals surface area contributed by atoms with Crippen molar-refractivity contribution in [3.8, 4) is 0 Å². The van der Waals surface area contributed by atoms with Gasteiger partial charge in [0, 0.05) is 0 Å². The fraction of sp³-hybridized carbons (Fsp3) is 0. The first-order chi connectivity index (χ1) is 0. The van der Waals surface area contributed by atoms with Crippen LogP contribution in [0.15, 0.2) is 0 Å². The fourth-order valence-corrected chi connectivity index (χ4v) is 0. The second-order valence-electron chi connectivity index (χ2n) is 0. The van der Waals surface area contributed by atoms with Crippen LogP contribution < -0.4 is 103 Å². The van der Waals surface area contributed by atoms with Crippen molar-refractivity contribution in [2.24, 2.45) is 0 Å². The Kier molecular flexibility index (Phi) is 7290. The largest absolute Gasteiger partial charge is 4.00 e. The summed E-state index contributed by atoms with van der Waals surface area (Å²) in [6.45, 7) is 0. The van der Waals surface area contributed by atoms with E-state index in [1.165, 1.54) is 0 Å². The maximum Gasteiger partial charge on any atom is 4.00 e. The fourth-order valence-electron chi connectivity index (χ4n) is 0. The molecule has 13 nitrogen and oxygen atoms in total. The summed E-state index contributed by atoms with van der Waals surface area (Å²) in [5.41, 5.74) is 0. The summed E-state index contributed by atoms with van der Waals surface area (Å²) in [6, 6.07) is 0. The first-order valence-corrected chi connectivity index (χ1v) is 0. The van der Waals surface area contributed by atoms with E-state index in [4.69, 9.17) is 0 Å². The molecule has 0 N–H and O–H groups in total. The van der Waals surface area contributed by atoms with Crippen LogP contribution in [0.4, 0.5) is 0 Å². The van der Waals surface area contributed by atoms with Crippen molar-refractivity contribution in [2.75, 3.05) is 0 Å². The summed E-state index contributed by atoms with van der Waals surface area (Å²) in [5.74, 6) is 0. The average Bonchev–Trinajstić information content (AvgIpc) is 0. The van der Waals surface area contributed by atoms with Crippen molar-refractivity contribution >= 4 is 0 Å². The molecule has 0 bridgehead atoms. The molecule has 0 aromatic heterocycles. The van der Waals surface area contributed by atoms with Crippen LogP contribution >= 0.6 is 0 Å². The summed E-state index contributed by atoms with van der Waals surface area (Å²) in [4.78, 5) is 0. The van der Waals surface area contributed by atoms with Gasteiger partial charge in [0.2, 0.25) is 0 Å². The van der Waals surface area contributed by atoms with Crippen molar-refractivity contribution in [2.45, 2.75) is 0 Å². The van der Waals surface area contributed by atoms with E-state index >= 15 is 0 Å². The summed E-state index contributed by atoms with van der Waals surface area (Å²) in [6.07, 6.45) is 0. The van der Waals surface area contributed by atoms with Gasteiger partial charge in [0.05, 0.1) is 0 Å². The van der Waals surface area contributed by atoms with Crippen LogP contribution in [0.1, 0.15) is 0 Å². The molecule has 0 fully saturated rings. The van der Waals surface area contributed by atoms with Gasteiger partial charge in [0.1, 0.15) is 0 Å². The molecule has 0 aliphatic carbocycles. The Morgan fingerprint density at radius 3 is 0.143 bits per heavy atom. The van der Waals surface area contributed by atoms with Gasteiger partial charge < -0.3 is 71.2 Å². The summed E-state index contributed by atoms with van der Waals surface area (Å²) >= 11 is 0. The van der Waals surface area contributed by atoms with E-state index in [0.29, 0.717) is 0 Å². The molecule has 0 rings (SSSR count). The molecule has 0 aliphatic heterocycles. The van der Waals surface area contributed by atoms with Gasteiger partial charge >= 0.3 is 233 Å². The Morgan fingerprint density at radius 2 is 0.143 bits per heavy atom. The van der Waals surface area contributed by atoms with Gasteiger partial charge in [0.15, 0.2) is 0 Å². The molecule has 0 amide bonds. The zero-order valence-corrected chi connectivity index (χ0v) is 25.9. The molecule has 0 aliphatic rings. The zero-order valence-electron chi connectivity index (χ0n) is 10.3. The average molecular weight is 573 g/mol. The minimum Gasteiger partial charge on any atom is -2.00 e. The van der Waals surface area contributed by atoms with Crippen LogP contribution in [-0.2, 0) is 201 Å². The molecular weight excluding hydrogens is 573 g/mol. The van der Waals surface area contributed by atoms with Crippen molar-refractivity contribution < 1.29 is 304 Å². The molecule has 21 heavy (non-hydrogen) atoms.